The van der Waals surface area contributed by atoms with Crippen molar-refractivity contribution in [3.63, 3.8) is 0 Å². The molecule has 1 N–H and O–H groups in total. The van der Waals surface area contributed by atoms with Gasteiger partial charge in [0.25, 0.3) is 5.91 Å². The molecular weight excluding hydrogens is 340 g/mol. The Bertz CT molecular complexity index is 944. The Morgan fingerprint density at radius 3 is 2.56 bits per heavy atom. The summed E-state index contributed by atoms with van der Waals surface area (Å²) >= 11 is 5.92. The molecule has 1 aliphatic heterocycles. The number of rotatable bonds is 2. The molecule has 0 spiro atoms. The van der Waals surface area contributed by atoms with E-state index < -0.39 is 6.10 Å². The van der Waals surface area contributed by atoms with Crippen molar-refractivity contribution in [3.05, 3.63) is 64.5 Å². The molecule has 1 amide bonds. The van der Waals surface area contributed by atoms with Crippen molar-refractivity contribution in [1.29, 1.82) is 0 Å². The average molecular weight is 355 g/mol. The number of hydrogen-bond acceptors (Lipinski definition) is 4. The predicted octanol–water partition coefficient (Wildman–Crippen LogP) is 4.68. The van der Waals surface area contributed by atoms with E-state index in [0.29, 0.717) is 16.5 Å². The van der Waals surface area contributed by atoms with E-state index in [4.69, 9.17) is 20.9 Å². The summed E-state index contributed by atoms with van der Waals surface area (Å²) in [6.45, 7) is 3.76. The summed E-state index contributed by atoms with van der Waals surface area (Å²) in [5.74, 6) is 1.14. The fourth-order valence-electron chi connectivity index (χ4n) is 3.01. The summed E-state index contributed by atoms with van der Waals surface area (Å²) in [7, 11) is 0. The summed E-state index contributed by atoms with van der Waals surface area (Å²) in [4.78, 5) is 12.4. The highest BCUT2D eigenvalue weighted by molar-refractivity contribution is 6.30. The van der Waals surface area contributed by atoms with E-state index in [1.165, 1.54) is 0 Å². The van der Waals surface area contributed by atoms with Gasteiger partial charge in [-0.05, 0) is 43.7 Å². The van der Waals surface area contributed by atoms with Crippen LogP contribution in [-0.2, 0) is 4.79 Å². The van der Waals surface area contributed by atoms with Crippen molar-refractivity contribution in [2.24, 2.45) is 0 Å². The van der Waals surface area contributed by atoms with Crippen molar-refractivity contribution >= 4 is 23.2 Å². The Morgan fingerprint density at radius 2 is 1.88 bits per heavy atom. The quantitative estimate of drug-likeness (QED) is 0.725. The van der Waals surface area contributed by atoms with Gasteiger partial charge in [0.05, 0.1) is 11.4 Å². The number of ether oxygens (including phenoxy) is 1. The highest BCUT2D eigenvalue weighted by atomic mass is 35.5. The molecule has 0 radical (unpaired) electrons. The number of anilines is 1. The number of aryl methyl sites for hydroxylation is 2. The summed E-state index contributed by atoms with van der Waals surface area (Å²) in [6.07, 6.45) is -0.718. The van der Waals surface area contributed by atoms with Crippen LogP contribution in [0.4, 0.5) is 5.69 Å². The van der Waals surface area contributed by atoms with Crippen LogP contribution in [0.3, 0.4) is 0 Å². The van der Waals surface area contributed by atoms with Crippen LogP contribution in [0.5, 0.6) is 5.75 Å². The molecule has 2 aromatic carbocycles. The zero-order chi connectivity index (χ0) is 17.6. The Hall–Kier alpha value is -2.79. The predicted molar refractivity (Wildman–Crippen MR) is 94.9 cm³/mol. The van der Waals surface area contributed by atoms with E-state index >= 15 is 0 Å². The molecule has 0 saturated heterocycles. The molecule has 3 aromatic rings. The van der Waals surface area contributed by atoms with Crippen LogP contribution in [0.25, 0.3) is 11.1 Å². The average Bonchev–Trinajstić information content (AvgIpc) is 2.93. The van der Waals surface area contributed by atoms with Gasteiger partial charge in [0.1, 0.15) is 11.5 Å². The number of carbonyl (C=O) groups is 1. The number of fused-ring (bicyclic) bond motifs is 1. The Kier molecular flexibility index (Phi) is 3.73. The number of nitrogens with zero attached hydrogens (tertiary/aromatic N) is 1. The highest BCUT2D eigenvalue weighted by Gasteiger charge is 2.29. The molecule has 1 aromatic heterocycles. The topological polar surface area (TPSA) is 64.4 Å². The summed E-state index contributed by atoms with van der Waals surface area (Å²) in [6, 6.07) is 12.7. The van der Waals surface area contributed by atoms with E-state index in [1.54, 1.807) is 24.3 Å². The lowest BCUT2D eigenvalue weighted by Gasteiger charge is -2.26. The number of benzene rings is 2. The monoisotopic (exact) mass is 354 g/mol. The molecule has 5 nitrogen and oxygen atoms in total. The second kappa shape index (κ2) is 5.93. The summed E-state index contributed by atoms with van der Waals surface area (Å²) in [5, 5.41) is 7.49. The van der Waals surface area contributed by atoms with Crippen molar-refractivity contribution in [2.75, 3.05) is 5.32 Å². The smallest absolute Gasteiger partial charge is 0.270 e. The molecule has 6 heteroatoms. The fourth-order valence-corrected chi connectivity index (χ4v) is 3.14. The molecule has 1 unspecified atom stereocenters. The van der Waals surface area contributed by atoms with Gasteiger partial charge >= 0.3 is 0 Å². The van der Waals surface area contributed by atoms with Gasteiger partial charge in [0.2, 0.25) is 6.10 Å². The lowest BCUT2D eigenvalue weighted by atomic mass is 10.0. The summed E-state index contributed by atoms with van der Waals surface area (Å²) < 4.78 is 11.2. The largest absolute Gasteiger partial charge is 0.474 e. The van der Waals surface area contributed by atoms with Crippen LogP contribution >= 0.6 is 11.6 Å². The SMILES string of the molecule is Cc1noc(C)c1-c1ccc2c(c1)OC(c1ccc(Cl)cc1)C(=O)N2. The third-order valence-electron chi connectivity index (χ3n) is 4.22. The summed E-state index contributed by atoms with van der Waals surface area (Å²) in [5.41, 5.74) is 4.07. The minimum absolute atomic E-state index is 0.208. The Labute approximate surface area is 149 Å². The minimum atomic E-state index is -0.718. The van der Waals surface area contributed by atoms with Crippen molar-refractivity contribution < 1.29 is 14.1 Å². The number of nitrogens with one attached hydrogen (secondary N) is 1. The first kappa shape index (κ1) is 15.7. The van der Waals surface area contributed by atoms with E-state index in [1.807, 2.05) is 32.0 Å². The van der Waals surface area contributed by atoms with E-state index in [2.05, 4.69) is 10.5 Å². The van der Waals surface area contributed by atoms with E-state index in [-0.39, 0.29) is 5.91 Å². The molecule has 25 heavy (non-hydrogen) atoms. The van der Waals surface area contributed by atoms with Gasteiger partial charge in [-0.25, -0.2) is 0 Å². The molecule has 0 fully saturated rings. The van der Waals surface area contributed by atoms with Crippen LogP contribution in [0.2, 0.25) is 5.02 Å². The number of amides is 1. The molecule has 1 atom stereocenters. The standard InChI is InChI=1S/C19H15ClN2O3/c1-10-17(11(2)25-22-10)13-5-8-15-16(9-13)24-18(19(23)21-15)12-3-6-14(20)7-4-12/h3-9,18H,1-2H3,(H,21,23). The molecule has 126 valence electrons. The van der Waals surface area contributed by atoms with Gasteiger partial charge in [-0.3, -0.25) is 4.79 Å². The normalized spacial score (nSPS) is 16.1. The maximum absolute atomic E-state index is 12.4. The first-order chi connectivity index (χ1) is 12.0. The second-order valence-electron chi connectivity index (χ2n) is 5.95. The molecule has 0 aliphatic carbocycles. The van der Waals surface area contributed by atoms with Crippen LogP contribution in [-0.4, -0.2) is 11.1 Å². The minimum Gasteiger partial charge on any atom is -0.474 e. The third kappa shape index (κ3) is 2.76. The number of halogens is 1. The number of hydrogen-bond donors (Lipinski definition) is 1. The zero-order valence-electron chi connectivity index (χ0n) is 13.7. The van der Waals surface area contributed by atoms with Crippen LogP contribution < -0.4 is 10.1 Å². The first-order valence-electron chi connectivity index (χ1n) is 7.83. The lowest BCUT2D eigenvalue weighted by Crippen LogP contribution is -2.30. The maximum Gasteiger partial charge on any atom is 0.270 e. The van der Waals surface area contributed by atoms with E-state index in [9.17, 15) is 4.79 Å². The lowest BCUT2D eigenvalue weighted by molar-refractivity contribution is -0.123. The van der Waals surface area contributed by atoms with Gasteiger partial charge in [-0.15, -0.1) is 0 Å². The Morgan fingerprint density at radius 1 is 1.12 bits per heavy atom. The maximum atomic E-state index is 12.4. The molecule has 2 heterocycles. The van der Waals surface area contributed by atoms with Crippen LogP contribution in [0, 0.1) is 13.8 Å². The molecule has 0 bridgehead atoms. The third-order valence-corrected chi connectivity index (χ3v) is 4.47. The van der Waals surface area contributed by atoms with Crippen molar-refractivity contribution in [2.45, 2.75) is 20.0 Å². The Balaban J connectivity index is 1.72. The molecule has 1 aliphatic rings. The van der Waals surface area contributed by atoms with E-state index in [0.717, 1.165) is 28.1 Å². The highest BCUT2D eigenvalue weighted by Crippen LogP contribution is 2.39. The molecule has 4 rings (SSSR count). The van der Waals surface area contributed by atoms with Gasteiger partial charge in [0, 0.05) is 16.1 Å². The van der Waals surface area contributed by atoms with Crippen LogP contribution in [0.1, 0.15) is 23.1 Å². The second-order valence-corrected chi connectivity index (χ2v) is 6.39. The molecule has 0 saturated carbocycles. The van der Waals surface area contributed by atoms with Gasteiger partial charge in [-0.2, -0.15) is 0 Å². The van der Waals surface area contributed by atoms with Crippen molar-refractivity contribution in [3.8, 4) is 16.9 Å². The van der Waals surface area contributed by atoms with Crippen LogP contribution in [0.15, 0.2) is 47.0 Å². The number of aromatic nitrogens is 1. The van der Waals surface area contributed by atoms with Crippen molar-refractivity contribution in [1.82, 2.24) is 5.16 Å². The zero-order valence-corrected chi connectivity index (χ0v) is 14.4. The fraction of sp³-hybridized carbons (Fsp3) is 0.158. The van der Waals surface area contributed by atoms with Gasteiger partial charge in [0.15, 0.2) is 0 Å². The van der Waals surface area contributed by atoms with Gasteiger partial charge < -0.3 is 14.6 Å². The first-order valence-corrected chi connectivity index (χ1v) is 8.21. The molecular formula is C19H15ClN2O3. The van der Waals surface area contributed by atoms with Gasteiger partial charge in [-0.1, -0.05) is 35.0 Å². The number of carbonyl (C=O) groups excluding carboxylic acids is 1.